The lowest BCUT2D eigenvalue weighted by Gasteiger charge is -2.37. The lowest BCUT2D eigenvalue weighted by atomic mass is 9.94. The van der Waals surface area contributed by atoms with Crippen LogP contribution in [0.4, 0.5) is 4.79 Å². The largest absolute Gasteiger partial charge is 0.339 e. The van der Waals surface area contributed by atoms with E-state index in [1.54, 1.807) is 17.3 Å². The third kappa shape index (κ3) is 4.19. The number of amides is 3. The summed E-state index contributed by atoms with van der Waals surface area (Å²) in [4.78, 5) is 32.0. The maximum atomic E-state index is 12.2. The Hall–Kier alpha value is -2.11. The Morgan fingerprint density at radius 1 is 1.18 bits per heavy atom. The number of pyridine rings is 1. The molecule has 1 aromatic rings. The van der Waals surface area contributed by atoms with Crippen molar-refractivity contribution in [1.82, 2.24) is 20.1 Å². The maximum absolute atomic E-state index is 12.2. The first-order valence-corrected chi connectivity index (χ1v) is 7.59. The van der Waals surface area contributed by atoms with Gasteiger partial charge in [-0.3, -0.25) is 9.78 Å². The molecule has 0 spiro atoms. The van der Waals surface area contributed by atoms with Crippen LogP contribution in [0.1, 0.15) is 26.3 Å². The molecule has 22 heavy (non-hydrogen) atoms. The number of nitrogens with one attached hydrogen (secondary N) is 1. The predicted molar refractivity (Wildman–Crippen MR) is 84.1 cm³/mol. The first-order valence-electron chi connectivity index (χ1n) is 7.59. The highest BCUT2D eigenvalue weighted by Gasteiger charge is 2.30. The fraction of sp³-hybridized carbons (Fsp3) is 0.562. The molecule has 0 unspecified atom stereocenters. The van der Waals surface area contributed by atoms with Crippen molar-refractivity contribution in [2.24, 2.45) is 5.41 Å². The number of nitrogens with zero attached hydrogens (tertiary/aromatic N) is 3. The van der Waals surface area contributed by atoms with Crippen molar-refractivity contribution >= 4 is 11.9 Å². The second kappa shape index (κ2) is 6.77. The second-order valence-corrected chi connectivity index (χ2v) is 6.55. The van der Waals surface area contributed by atoms with Gasteiger partial charge >= 0.3 is 6.03 Å². The van der Waals surface area contributed by atoms with E-state index in [2.05, 4.69) is 10.3 Å². The number of piperazine rings is 1. The van der Waals surface area contributed by atoms with Gasteiger partial charge in [0, 0.05) is 50.5 Å². The van der Waals surface area contributed by atoms with Gasteiger partial charge in [-0.05, 0) is 11.6 Å². The van der Waals surface area contributed by atoms with E-state index in [1.807, 2.05) is 37.8 Å². The van der Waals surface area contributed by atoms with Crippen LogP contribution in [-0.2, 0) is 11.3 Å². The molecular weight excluding hydrogens is 280 g/mol. The van der Waals surface area contributed by atoms with E-state index in [-0.39, 0.29) is 17.4 Å². The van der Waals surface area contributed by atoms with Gasteiger partial charge in [-0.15, -0.1) is 0 Å². The van der Waals surface area contributed by atoms with Crippen molar-refractivity contribution in [3.05, 3.63) is 30.1 Å². The van der Waals surface area contributed by atoms with Crippen LogP contribution < -0.4 is 5.32 Å². The molecule has 0 atom stereocenters. The SMILES string of the molecule is CC(C)(C)C(=O)N1CCN(C(=O)NCc2cccnc2)CC1. The third-order valence-corrected chi connectivity index (χ3v) is 3.66. The molecular formula is C16H24N4O2. The van der Waals surface area contributed by atoms with Gasteiger partial charge in [0.05, 0.1) is 0 Å². The highest BCUT2D eigenvalue weighted by Crippen LogP contribution is 2.18. The van der Waals surface area contributed by atoms with Gasteiger partial charge in [0.2, 0.25) is 5.91 Å². The first-order chi connectivity index (χ1) is 10.4. The molecule has 1 aliphatic rings. The van der Waals surface area contributed by atoms with Crippen molar-refractivity contribution in [2.45, 2.75) is 27.3 Å². The van der Waals surface area contributed by atoms with Gasteiger partial charge in [0.15, 0.2) is 0 Å². The van der Waals surface area contributed by atoms with Crippen LogP contribution >= 0.6 is 0 Å². The van der Waals surface area contributed by atoms with Crippen LogP contribution in [0.5, 0.6) is 0 Å². The van der Waals surface area contributed by atoms with Crippen molar-refractivity contribution in [3.8, 4) is 0 Å². The molecule has 1 aromatic heterocycles. The van der Waals surface area contributed by atoms with Crippen molar-refractivity contribution in [3.63, 3.8) is 0 Å². The summed E-state index contributed by atoms with van der Waals surface area (Å²) in [6, 6.07) is 3.68. The zero-order valence-electron chi connectivity index (χ0n) is 13.5. The van der Waals surface area contributed by atoms with Crippen LogP contribution in [-0.4, -0.2) is 52.9 Å². The summed E-state index contributed by atoms with van der Waals surface area (Å²) in [6.45, 7) is 8.55. The zero-order valence-corrected chi connectivity index (χ0v) is 13.5. The van der Waals surface area contributed by atoms with Crippen LogP contribution in [0.15, 0.2) is 24.5 Å². The van der Waals surface area contributed by atoms with E-state index >= 15 is 0 Å². The van der Waals surface area contributed by atoms with Crippen molar-refractivity contribution in [1.29, 1.82) is 0 Å². The number of hydrogen-bond acceptors (Lipinski definition) is 3. The average Bonchev–Trinajstić information content (AvgIpc) is 2.52. The maximum Gasteiger partial charge on any atom is 0.317 e. The Morgan fingerprint density at radius 2 is 1.82 bits per heavy atom. The van der Waals surface area contributed by atoms with Crippen molar-refractivity contribution < 1.29 is 9.59 Å². The van der Waals surface area contributed by atoms with Gasteiger partial charge < -0.3 is 15.1 Å². The van der Waals surface area contributed by atoms with E-state index in [4.69, 9.17) is 0 Å². The molecule has 3 amide bonds. The summed E-state index contributed by atoms with van der Waals surface area (Å²) in [5, 5.41) is 2.89. The van der Waals surface area contributed by atoms with E-state index in [9.17, 15) is 9.59 Å². The summed E-state index contributed by atoms with van der Waals surface area (Å²) < 4.78 is 0. The number of aromatic nitrogens is 1. The molecule has 0 aromatic carbocycles. The molecule has 1 saturated heterocycles. The molecule has 6 nitrogen and oxygen atoms in total. The summed E-state index contributed by atoms with van der Waals surface area (Å²) in [5.74, 6) is 0.142. The zero-order chi connectivity index (χ0) is 16.2. The minimum absolute atomic E-state index is 0.0910. The van der Waals surface area contributed by atoms with E-state index < -0.39 is 0 Å². The van der Waals surface area contributed by atoms with Crippen LogP contribution in [0.2, 0.25) is 0 Å². The van der Waals surface area contributed by atoms with Gasteiger partial charge in [-0.2, -0.15) is 0 Å². The normalized spacial score (nSPS) is 15.6. The Kier molecular flexibility index (Phi) is 5.00. The topological polar surface area (TPSA) is 65.5 Å². The number of carbonyl (C=O) groups is 2. The third-order valence-electron chi connectivity index (χ3n) is 3.66. The summed E-state index contributed by atoms with van der Waals surface area (Å²) in [5.41, 5.74) is 0.600. The molecule has 0 radical (unpaired) electrons. The van der Waals surface area contributed by atoms with E-state index in [0.29, 0.717) is 32.7 Å². The average molecular weight is 304 g/mol. The van der Waals surface area contributed by atoms with Gasteiger partial charge in [-0.25, -0.2) is 4.79 Å². The molecule has 120 valence electrons. The fourth-order valence-corrected chi connectivity index (χ4v) is 2.38. The molecule has 0 saturated carbocycles. The second-order valence-electron chi connectivity index (χ2n) is 6.55. The van der Waals surface area contributed by atoms with Gasteiger partial charge in [0.25, 0.3) is 0 Å². The lowest BCUT2D eigenvalue weighted by molar-refractivity contribution is -0.140. The van der Waals surface area contributed by atoms with Crippen LogP contribution in [0.3, 0.4) is 0 Å². The Balaban J connectivity index is 1.79. The van der Waals surface area contributed by atoms with E-state index in [1.165, 1.54) is 0 Å². The molecule has 2 rings (SSSR count). The molecule has 1 aliphatic heterocycles. The fourth-order valence-electron chi connectivity index (χ4n) is 2.38. The number of rotatable bonds is 2. The van der Waals surface area contributed by atoms with Crippen LogP contribution in [0.25, 0.3) is 0 Å². The smallest absolute Gasteiger partial charge is 0.317 e. The molecule has 1 fully saturated rings. The van der Waals surface area contributed by atoms with Crippen LogP contribution in [0, 0.1) is 5.41 Å². The van der Waals surface area contributed by atoms with Gasteiger partial charge in [0.1, 0.15) is 0 Å². The van der Waals surface area contributed by atoms with Gasteiger partial charge in [-0.1, -0.05) is 26.8 Å². The quantitative estimate of drug-likeness (QED) is 0.900. The first kappa shape index (κ1) is 16.3. The Morgan fingerprint density at radius 3 is 2.36 bits per heavy atom. The summed E-state index contributed by atoms with van der Waals surface area (Å²) >= 11 is 0. The molecule has 2 heterocycles. The number of carbonyl (C=O) groups excluding carboxylic acids is 2. The summed E-state index contributed by atoms with van der Waals surface area (Å²) in [6.07, 6.45) is 3.44. The minimum Gasteiger partial charge on any atom is -0.339 e. The Labute approximate surface area is 131 Å². The monoisotopic (exact) mass is 304 g/mol. The Bertz CT molecular complexity index is 517. The highest BCUT2D eigenvalue weighted by molar-refractivity contribution is 5.82. The highest BCUT2D eigenvalue weighted by atomic mass is 16.2. The van der Waals surface area contributed by atoms with E-state index in [0.717, 1.165) is 5.56 Å². The number of hydrogen-bond donors (Lipinski definition) is 1. The summed E-state index contributed by atoms with van der Waals surface area (Å²) in [7, 11) is 0. The minimum atomic E-state index is -0.370. The predicted octanol–water partition coefficient (Wildman–Crippen LogP) is 1.48. The lowest BCUT2D eigenvalue weighted by Crippen LogP contribution is -2.54. The standard InChI is InChI=1S/C16H24N4O2/c1-16(2,3)14(21)19-7-9-20(10-8-19)15(22)18-12-13-5-4-6-17-11-13/h4-6,11H,7-10,12H2,1-3H3,(H,18,22). The molecule has 1 N–H and O–H groups in total. The molecule has 0 bridgehead atoms. The number of urea groups is 1. The molecule has 0 aliphatic carbocycles. The van der Waals surface area contributed by atoms with Crippen molar-refractivity contribution in [2.75, 3.05) is 26.2 Å². The molecule has 6 heteroatoms.